The van der Waals surface area contributed by atoms with Gasteiger partial charge in [-0.1, -0.05) is 73.7 Å². The standard InChI is InChI=1S/C26H24N2/c1-25-15-16-26(25,19-25)18-22-9-13-24(14-10-22)28-27-23-11-7-21(8-12-23)17-20-5-3-2-4-6-20/h2-16H,17-19H2,1H3/t25-,26?/m1/s1. The van der Waals surface area contributed by atoms with E-state index in [0.717, 1.165) is 24.2 Å². The lowest BCUT2D eigenvalue weighted by atomic mass is 9.79. The Morgan fingerprint density at radius 2 is 1.25 bits per heavy atom. The van der Waals surface area contributed by atoms with Gasteiger partial charge in [0, 0.05) is 5.41 Å². The van der Waals surface area contributed by atoms with E-state index in [-0.39, 0.29) is 0 Å². The maximum absolute atomic E-state index is 4.40. The lowest BCUT2D eigenvalue weighted by Crippen LogP contribution is -2.17. The quantitative estimate of drug-likeness (QED) is 0.326. The first-order chi connectivity index (χ1) is 13.6. The van der Waals surface area contributed by atoms with Crippen molar-refractivity contribution in [2.24, 2.45) is 21.1 Å². The monoisotopic (exact) mass is 364 g/mol. The van der Waals surface area contributed by atoms with E-state index in [0.29, 0.717) is 10.8 Å². The molecule has 3 aromatic carbocycles. The summed E-state index contributed by atoms with van der Waals surface area (Å²) in [7, 11) is 0. The summed E-state index contributed by atoms with van der Waals surface area (Å²) in [6, 6.07) is 27.4. The molecule has 0 saturated heterocycles. The van der Waals surface area contributed by atoms with Gasteiger partial charge in [0.1, 0.15) is 0 Å². The molecule has 5 rings (SSSR count). The Labute approximate surface area is 166 Å². The molecular weight excluding hydrogens is 340 g/mol. The Morgan fingerprint density at radius 1 is 0.679 bits per heavy atom. The first-order valence-corrected chi connectivity index (χ1v) is 9.98. The second-order valence-electron chi connectivity index (χ2n) is 8.46. The molecule has 0 N–H and O–H groups in total. The van der Waals surface area contributed by atoms with Gasteiger partial charge in [-0.3, -0.25) is 0 Å². The normalized spacial score (nSPS) is 24.8. The lowest BCUT2D eigenvalue weighted by molar-refractivity contribution is 0.457. The molecule has 28 heavy (non-hydrogen) atoms. The van der Waals surface area contributed by atoms with E-state index in [1.165, 1.54) is 23.1 Å². The molecule has 1 fully saturated rings. The highest BCUT2D eigenvalue weighted by Crippen LogP contribution is 2.73. The fourth-order valence-electron chi connectivity index (χ4n) is 4.33. The number of hydrogen-bond donors (Lipinski definition) is 0. The smallest absolute Gasteiger partial charge is 0.0857 e. The molecule has 2 aliphatic rings. The molecule has 2 heteroatoms. The molecule has 3 aromatic rings. The molecule has 2 nitrogen and oxygen atoms in total. The fraction of sp³-hybridized carbons (Fsp3) is 0.231. The summed E-state index contributed by atoms with van der Waals surface area (Å²) >= 11 is 0. The fourth-order valence-corrected chi connectivity index (χ4v) is 4.33. The summed E-state index contributed by atoms with van der Waals surface area (Å²) in [4.78, 5) is 0. The van der Waals surface area contributed by atoms with E-state index in [4.69, 9.17) is 0 Å². The third kappa shape index (κ3) is 3.20. The van der Waals surface area contributed by atoms with E-state index in [2.05, 4.69) is 90.0 Å². The van der Waals surface area contributed by atoms with Crippen molar-refractivity contribution in [1.29, 1.82) is 0 Å². The highest BCUT2D eigenvalue weighted by Gasteiger charge is 2.65. The molecule has 0 bridgehead atoms. The minimum Gasteiger partial charge on any atom is -0.151 e. The minimum atomic E-state index is 0.442. The molecule has 0 amide bonds. The largest absolute Gasteiger partial charge is 0.151 e. The van der Waals surface area contributed by atoms with Gasteiger partial charge in [-0.25, -0.2) is 0 Å². The van der Waals surface area contributed by atoms with Crippen LogP contribution in [0.5, 0.6) is 0 Å². The summed E-state index contributed by atoms with van der Waals surface area (Å²) in [5.41, 5.74) is 6.68. The van der Waals surface area contributed by atoms with E-state index in [9.17, 15) is 0 Å². The van der Waals surface area contributed by atoms with Crippen LogP contribution in [0.15, 0.2) is 101 Å². The Morgan fingerprint density at radius 3 is 1.75 bits per heavy atom. The topological polar surface area (TPSA) is 24.7 Å². The van der Waals surface area contributed by atoms with E-state index >= 15 is 0 Å². The zero-order valence-corrected chi connectivity index (χ0v) is 16.2. The van der Waals surface area contributed by atoms with Crippen LogP contribution in [0.2, 0.25) is 0 Å². The number of azo groups is 1. The highest BCUT2D eigenvalue weighted by molar-refractivity contribution is 5.45. The predicted molar refractivity (Wildman–Crippen MR) is 114 cm³/mol. The van der Waals surface area contributed by atoms with Gasteiger partial charge in [0.05, 0.1) is 11.4 Å². The van der Waals surface area contributed by atoms with Crippen LogP contribution >= 0.6 is 0 Å². The molecule has 2 aliphatic carbocycles. The molecule has 0 heterocycles. The summed E-state index contributed by atoms with van der Waals surface area (Å²) in [5.74, 6) is 0. The number of fused-ring (bicyclic) bond motifs is 1. The van der Waals surface area contributed by atoms with Crippen molar-refractivity contribution in [2.75, 3.05) is 0 Å². The minimum absolute atomic E-state index is 0.442. The van der Waals surface area contributed by atoms with Gasteiger partial charge in [-0.2, -0.15) is 10.2 Å². The molecule has 1 unspecified atom stereocenters. The van der Waals surface area contributed by atoms with Crippen molar-refractivity contribution < 1.29 is 0 Å². The first-order valence-electron chi connectivity index (χ1n) is 9.98. The lowest BCUT2D eigenvalue weighted by Gasteiger charge is -2.25. The van der Waals surface area contributed by atoms with Crippen LogP contribution in [-0.4, -0.2) is 0 Å². The second-order valence-corrected chi connectivity index (χ2v) is 8.46. The van der Waals surface area contributed by atoms with Crippen molar-refractivity contribution in [3.05, 3.63) is 108 Å². The molecule has 2 atom stereocenters. The van der Waals surface area contributed by atoms with Crippen molar-refractivity contribution in [2.45, 2.75) is 26.2 Å². The summed E-state index contributed by atoms with van der Waals surface area (Å²) in [6.45, 7) is 2.36. The number of allylic oxidation sites excluding steroid dienone is 2. The Balaban J connectivity index is 1.20. The number of rotatable bonds is 6. The zero-order valence-electron chi connectivity index (χ0n) is 16.2. The Bertz CT molecular complexity index is 1030. The molecule has 138 valence electrons. The maximum Gasteiger partial charge on any atom is 0.0857 e. The van der Waals surface area contributed by atoms with Crippen LogP contribution in [0.1, 0.15) is 30.0 Å². The van der Waals surface area contributed by atoms with Crippen LogP contribution in [0, 0.1) is 10.8 Å². The van der Waals surface area contributed by atoms with Gasteiger partial charge in [0.25, 0.3) is 0 Å². The first kappa shape index (κ1) is 17.1. The van der Waals surface area contributed by atoms with Gasteiger partial charge >= 0.3 is 0 Å². The predicted octanol–water partition coefficient (Wildman–Crippen LogP) is 7.20. The van der Waals surface area contributed by atoms with Crippen molar-refractivity contribution in [3.63, 3.8) is 0 Å². The van der Waals surface area contributed by atoms with Gasteiger partial charge in [-0.05, 0) is 65.6 Å². The zero-order chi connectivity index (χ0) is 19.0. The Hall–Kier alpha value is -3.00. The third-order valence-corrected chi connectivity index (χ3v) is 6.39. The van der Waals surface area contributed by atoms with Crippen molar-refractivity contribution in [3.8, 4) is 0 Å². The highest BCUT2D eigenvalue weighted by atomic mass is 15.1. The maximum atomic E-state index is 4.40. The van der Waals surface area contributed by atoms with Gasteiger partial charge in [0.15, 0.2) is 0 Å². The van der Waals surface area contributed by atoms with Crippen LogP contribution in [0.3, 0.4) is 0 Å². The van der Waals surface area contributed by atoms with E-state index in [1.54, 1.807) is 0 Å². The van der Waals surface area contributed by atoms with Crippen LogP contribution in [-0.2, 0) is 12.8 Å². The third-order valence-electron chi connectivity index (χ3n) is 6.39. The molecule has 1 saturated carbocycles. The average Bonchev–Trinajstić information content (AvgIpc) is 3.14. The summed E-state index contributed by atoms with van der Waals surface area (Å²) < 4.78 is 0. The van der Waals surface area contributed by atoms with E-state index in [1.807, 2.05) is 18.2 Å². The summed E-state index contributed by atoms with van der Waals surface area (Å²) in [6.07, 6.45) is 8.14. The second kappa shape index (κ2) is 6.56. The van der Waals surface area contributed by atoms with Crippen LogP contribution in [0.4, 0.5) is 11.4 Å². The molecule has 0 aromatic heterocycles. The summed E-state index contributed by atoms with van der Waals surface area (Å²) in [5, 5.41) is 8.79. The number of benzene rings is 3. The molecular formula is C26H24N2. The van der Waals surface area contributed by atoms with Crippen LogP contribution < -0.4 is 0 Å². The van der Waals surface area contributed by atoms with E-state index < -0.39 is 0 Å². The molecule has 0 radical (unpaired) electrons. The molecule has 0 spiro atoms. The van der Waals surface area contributed by atoms with Crippen molar-refractivity contribution in [1.82, 2.24) is 0 Å². The van der Waals surface area contributed by atoms with Crippen molar-refractivity contribution >= 4 is 11.4 Å². The van der Waals surface area contributed by atoms with Crippen LogP contribution in [0.25, 0.3) is 0 Å². The number of nitrogens with zero attached hydrogens (tertiary/aromatic N) is 2. The number of hydrogen-bond acceptors (Lipinski definition) is 2. The SMILES string of the molecule is C[C@]12C=CC1(Cc1ccc(N=Nc3ccc(Cc4ccccc4)cc3)cc1)C2. The Kier molecular flexibility index (Phi) is 4.01. The molecule has 0 aliphatic heterocycles. The van der Waals surface area contributed by atoms with Gasteiger partial charge < -0.3 is 0 Å². The average molecular weight is 364 g/mol. The van der Waals surface area contributed by atoms with Gasteiger partial charge in [0.2, 0.25) is 0 Å². The van der Waals surface area contributed by atoms with Gasteiger partial charge in [-0.15, -0.1) is 0 Å².